The van der Waals surface area contributed by atoms with Gasteiger partial charge in [0.15, 0.2) is 0 Å². The van der Waals surface area contributed by atoms with E-state index in [4.69, 9.17) is 4.74 Å². The van der Waals surface area contributed by atoms with Gasteiger partial charge in [0.1, 0.15) is 5.69 Å². The average molecular weight is 336 g/mol. The van der Waals surface area contributed by atoms with E-state index in [9.17, 15) is 4.79 Å². The standard InChI is InChI=1S/C18H32N4O2/c1-6-22-17(12-16(19-22)14(2)3)18(23)21(10-9-20(4)5)13-15-8-7-11-24-15/h12,14-15H,6-11,13H2,1-5H3. The highest BCUT2D eigenvalue weighted by Gasteiger charge is 2.26. The molecule has 1 atom stereocenters. The lowest BCUT2D eigenvalue weighted by Crippen LogP contribution is -2.42. The van der Waals surface area contributed by atoms with Crippen molar-refractivity contribution in [3.8, 4) is 0 Å². The number of likely N-dealkylation sites (N-methyl/N-ethyl adjacent to an activating group) is 1. The maximum Gasteiger partial charge on any atom is 0.272 e. The lowest BCUT2D eigenvalue weighted by atomic mass is 10.1. The van der Waals surface area contributed by atoms with Crippen molar-refractivity contribution >= 4 is 5.91 Å². The Hall–Kier alpha value is -1.40. The topological polar surface area (TPSA) is 50.6 Å². The lowest BCUT2D eigenvalue weighted by Gasteiger charge is -2.27. The Morgan fingerprint density at radius 3 is 2.71 bits per heavy atom. The van der Waals surface area contributed by atoms with Crippen molar-refractivity contribution in [1.82, 2.24) is 19.6 Å². The van der Waals surface area contributed by atoms with E-state index in [-0.39, 0.29) is 12.0 Å². The van der Waals surface area contributed by atoms with E-state index < -0.39 is 0 Å². The fourth-order valence-electron chi connectivity index (χ4n) is 2.92. The minimum absolute atomic E-state index is 0.0635. The van der Waals surface area contributed by atoms with Gasteiger partial charge >= 0.3 is 0 Å². The van der Waals surface area contributed by atoms with E-state index in [0.29, 0.717) is 31.2 Å². The van der Waals surface area contributed by atoms with Crippen LogP contribution in [0.1, 0.15) is 55.7 Å². The zero-order valence-electron chi connectivity index (χ0n) is 15.8. The van der Waals surface area contributed by atoms with Crippen LogP contribution in [0, 0.1) is 0 Å². The summed E-state index contributed by atoms with van der Waals surface area (Å²) in [6.07, 6.45) is 2.29. The highest BCUT2D eigenvalue weighted by Crippen LogP contribution is 2.18. The second-order valence-corrected chi connectivity index (χ2v) is 7.11. The Bertz CT molecular complexity index is 533. The lowest BCUT2D eigenvalue weighted by molar-refractivity contribution is 0.0503. The molecule has 0 aliphatic carbocycles. The van der Waals surface area contributed by atoms with Crippen molar-refractivity contribution < 1.29 is 9.53 Å². The number of nitrogens with zero attached hydrogens (tertiary/aromatic N) is 4. The van der Waals surface area contributed by atoms with Crippen LogP contribution in [0.2, 0.25) is 0 Å². The van der Waals surface area contributed by atoms with Crippen molar-refractivity contribution in [1.29, 1.82) is 0 Å². The molecule has 1 unspecified atom stereocenters. The monoisotopic (exact) mass is 336 g/mol. The summed E-state index contributed by atoms with van der Waals surface area (Å²) in [6.45, 7) is 9.96. The van der Waals surface area contributed by atoms with Gasteiger partial charge < -0.3 is 14.5 Å². The summed E-state index contributed by atoms with van der Waals surface area (Å²) in [5, 5.41) is 4.59. The Morgan fingerprint density at radius 2 is 2.17 bits per heavy atom. The van der Waals surface area contributed by atoms with Crippen molar-refractivity contribution in [2.75, 3.05) is 40.3 Å². The van der Waals surface area contributed by atoms with Crippen molar-refractivity contribution in [3.63, 3.8) is 0 Å². The molecule has 1 saturated heterocycles. The number of aromatic nitrogens is 2. The summed E-state index contributed by atoms with van der Waals surface area (Å²) >= 11 is 0. The predicted octanol–water partition coefficient (Wildman–Crippen LogP) is 2.21. The molecule has 24 heavy (non-hydrogen) atoms. The molecule has 0 bridgehead atoms. The summed E-state index contributed by atoms with van der Waals surface area (Å²) in [5.74, 6) is 0.381. The molecule has 0 aromatic carbocycles. The molecule has 0 spiro atoms. The molecule has 1 amide bonds. The summed E-state index contributed by atoms with van der Waals surface area (Å²) in [5.41, 5.74) is 1.67. The van der Waals surface area contributed by atoms with Gasteiger partial charge in [-0.05, 0) is 45.8 Å². The third kappa shape index (κ3) is 4.80. The number of rotatable bonds is 8. The highest BCUT2D eigenvalue weighted by molar-refractivity contribution is 5.92. The Morgan fingerprint density at radius 1 is 1.42 bits per heavy atom. The van der Waals surface area contributed by atoms with E-state index in [2.05, 4.69) is 23.8 Å². The number of hydrogen-bond acceptors (Lipinski definition) is 4. The summed E-state index contributed by atoms with van der Waals surface area (Å²) in [6, 6.07) is 1.95. The van der Waals surface area contributed by atoms with Gasteiger partial charge in [0.05, 0.1) is 11.8 Å². The molecular weight excluding hydrogens is 304 g/mol. The first-order chi connectivity index (χ1) is 11.4. The molecule has 136 valence electrons. The van der Waals surface area contributed by atoms with Gasteiger partial charge in [0, 0.05) is 32.8 Å². The third-order valence-corrected chi connectivity index (χ3v) is 4.46. The van der Waals surface area contributed by atoms with Gasteiger partial charge in [0.2, 0.25) is 0 Å². The normalized spacial score (nSPS) is 17.9. The van der Waals surface area contributed by atoms with Crippen LogP contribution >= 0.6 is 0 Å². The van der Waals surface area contributed by atoms with Crippen molar-refractivity contribution in [3.05, 3.63) is 17.5 Å². The van der Waals surface area contributed by atoms with Gasteiger partial charge in [0.25, 0.3) is 5.91 Å². The molecule has 0 saturated carbocycles. The first-order valence-corrected chi connectivity index (χ1v) is 9.05. The molecule has 1 aliphatic heterocycles. The smallest absolute Gasteiger partial charge is 0.272 e. The van der Waals surface area contributed by atoms with Crippen molar-refractivity contribution in [2.24, 2.45) is 0 Å². The summed E-state index contributed by atoms with van der Waals surface area (Å²) in [7, 11) is 4.06. The maximum absolute atomic E-state index is 13.2. The summed E-state index contributed by atoms with van der Waals surface area (Å²) < 4.78 is 7.58. The molecule has 6 nitrogen and oxygen atoms in total. The molecule has 6 heteroatoms. The predicted molar refractivity (Wildman–Crippen MR) is 95.4 cm³/mol. The molecule has 2 heterocycles. The fraction of sp³-hybridized carbons (Fsp3) is 0.778. The second kappa shape index (κ2) is 8.62. The molecule has 2 rings (SSSR count). The zero-order valence-corrected chi connectivity index (χ0v) is 15.8. The second-order valence-electron chi connectivity index (χ2n) is 7.11. The number of hydrogen-bond donors (Lipinski definition) is 0. The molecule has 1 aromatic rings. The van der Waals surface area contributed by atoms with Crippen LogP contribution in [0.15, 0.2) is 6.07 Å². The molecule has 0 N–H and O–H groups in total. The van der Waals surface area contributed by atoms with Gasteiger partial charge in [-0.2, -0.15) is 5.10 Å². The summed E-state index contributed by atoms with van der Waals surface area (Å²) in [4.78, 5) is 17.2. The average Bonchev–Trinajstić information content (AvgIpc) is 3.19. The number of amides is 1. The molecule has 1 fully saturated rings. The van der Waals surface area contributed by atoms with Crippen LogP contribution in [0.25, 0.3) is 0 Å². The van der Waals surface area contributed by atoms with Crippen LogP contribution in [0.5, 0.6) is 0 Å². The number of carbonyl (C=O) groups is 1. The highest BCUT2D eigenvalue weighted by atomic mass is 16.5. The van der Waals surface area contributed by atoms with Crippen LogP contribution in [-0.2, 0) is 11.3 Å². The van der Waals surface area contributed by atoms with Crippen LogP contribution in [0.3, 0.4) is 0 Å². The molecular formula is C18H32N4O2. The SMILES string of the molecule is CCn1nc(C(C)C)cc1C(=O)N(CCN(C)C)CC1CCCO1. The van der Waals surface area contributed by atoms with E-state index >= 15 is 0 Å². The zero-order chi connectivity index (χ0) is 17.7. The van der Waals surface area contributed by atoms with Gasteiger partial charge in [-0.1, -0.05) is 13.8 Å². The minimum atomic E-state index is 0.0635. The molecule has 1 aliphatic rings. The van der Waals surface area contributed by atoms with Gasteiger partial charge in [-0.3, -0.25) is 9.48 Å². The van der Waals surface area contributed by atoms with Gasteiger partial charge in [-0.15, -0.1) is 0 Å². The van der Waals surface area contributed by atoms with Crippen LogP contribution < -0.4 is 0 Å². The van der Waals surface area contributed by atoms with Crippen LogP contribution in [-0.4, -0.2) is 71.9 Å². The third-order valence-electron chi connectivity index (χ3n) is 4.46. The maximum atomic E-state index is 13.2. The first kappa shape index (κ1) is 18.9. The van der Waals surface area contributed by atoms with E-state index in [1.165, 1.54) is 0 Å². The number of aryl methyl sites for hydroxylation is 1. The number of ether oxygens (including phenoxy) is 1. The van der Waals surface area contributed by atoms with Crippen molar-refractivity contribution in [2.45, 2.75) is 52.2 Å². The quantitative estimate of drug-likeness (QED) is 0.730. The van der Waals surface area contributed by atoms with Gasteiger partial charge in [-0.25, -0.2) is 0 Å². The Balaban J connectivity index is 2.18. The molecule has 1 aromatic heterocycles. The van der Waals surface area contributed by atoms with E-state index in [1.807, 2.05) is 36.7 Å². The fourth-order valence-corrected chi connectivity index (χ4v) is 2.92. The Kier molecular flexibility index (Phi) is 6.80. The largest absolute Gasteiger partial charge is 0.376 e. The van der Waals surface area contributed by atoms with Crippen LogP contribution in [0.4, 0.5) is 0 Å². The Labute approximate surface area is 145 Å². The number of carbonyl (C=O) groups excluding carboxylic acids is 1. The molecule has 0 radical (unpaired) electrons. The minimum Gasteiger partial charge on any atom is -0.376 e. The first-order valence-electron chi connectivity index (χ1n) is 9.05. The van der Waals surface area contributed by atoms with E-state index in [1.54, 1.807) is 0 Å². The van der Waals surface area contributed by atoms with E-state index in [0.717, 1.165) is 31.7 Å².